The van der Waals surface area contributed by atoms with E-state index in [4.69, 9.17) is 5.73 Å². The van der Waals surface area contributed by atoms with Crippen molar-refractivity contribution in [1.82, 2.24) is 9.55 Å². The Hall–Kier alpha value is -1.36. The summed E-state index contributed by atoms with van der Waals surface area (Å²) >= 11 is 0. The van der Waals surface area contributed by atoms with Gasteiger partial charge < -0.3 is 15.6 Å². The van der Waals surface area contributed by atoms with E-state index in [-0.39, 0.29) is 16.5 Å². The van der Waals surface area contributed by atoms with Gasteiger partial charge in [-0.15, -0.1) is 0 Å². The summed E-state index contributed by atoms with van der Waals surface area (Å²) in [6.07, 6.45) is 9.45. The van der Waals surface area contributed by atoms with Crippen LogP contribution in [0.5, 0.6) is 0 Å². The summed E-state index contributed by atoms with van der Waals surface area (Å²) in [7, 11) is 0. The Labute approximate surface area is 127 Å². The lowest BCUT2D eigenvalue weighted by Gasteiger charge is -2.36. The predicted molar refractivity (Wildman–Crippen MR) is 86.6 cm³/mol. The van der Waals surface area contributed by atoms with Crippen LogP contribution >= 0.6 is 0 Å². The molecule has 1 aliphatic rings. The lowest BCUT2D eigenvalue weighted by atomic mass is 9.74. The highest BCUT2D eigenvalue weighted by Crippen LogP contribution is 2.35. The molecule has 0 amide bonds. The Morgan fingerprint density at radius 3 is 2.57 bits per heavy atom. The Kier molecular flexibility index (Phi) is 4.71. The van der Waals surface area contributed by atoms with E-state index in [1.54, 1.807) is 17.0 Å². The number of nitrogens with one attached hydrogen (secondary N) is 1. The molecule has 0 aromatic carbocycles. The first-order valence-electron chi connectivity index (χ1n) is 7.90. The van der Waals surface area contributed by atoms with Crippen LogP contribution in [0.25, 0.3) is 0 Å². The predicted octanol–water partition coefficient (Wildman–Crippen LogP) is 2.32. The van der Waals surface area contributed by atoms with Gasteiger partial charge in [0.05, 0.1) is 0 Å². The van der Waals surface area contributed by atoms with E-state index in [1.807, 2.05) is 20.8 Å². The van der Waals surface area contributed by atoms with Gasteiger partial charge in [-0.3, -0.25) is 4.79 Å². The van der Waals surface area contributed by atoms with Gasteiger partial charge in [0.2, 0.25) is 0 Å². The highest BCUT2D eigenvalue weighted by atomic mass is 16.1. The summed E-state index contributed by atoms with van der Waals surface area (Å²) in [5, 5.41) is 3.26. The zero-order chi connectivity index (χ0) is 15.5. The van der Waals surface area contributed by atoms with E-state index < -0.39 is 0 Å². The van der Waals surface area contributed by atoms with E-state index in [9.17, 15) is 4.79 Å². The minimum atomic E-state index is -0.243. The first kappa shape index (κ1) is 16.0. The molecule has 0 spiro atoms. The van der Waals surface area contributed by atoms with Crippen molar-refractivity contribution in [3.8, 4) is 0 Å². The molecule has 1 heterocycles. The van der Waals surface area contributed by atoms with Gasteiger partial charge in [-0.05, 0) is 45.6 Å². The van der Waals surface area contributed by atoms with E-state index in [2.05, 4.69) is 10.3 Å². The van der Waals surface area contributed by atoms with Crippen LogP contribution in [0, 0.1) is 5.41 Å². The quantitative estimate of drug-likeness (QED) is 0.893. The number of rotatable bonds is 4. The van der Waals surface area contributed by atoms with Crippen molar-refractivity contribution >= 4 is 5.82 Å². The van der Waals surface area contributed by atoms with Crippen LogP contribution in [0.1, 0.15) is 52.9 Å². The number of anilines is 1. The molecule has 21 heavy (non-hydrogen) atoms. The molecule has 1 saturated carbocycles. The standard InChI is InChI=1S/C16H28N4O/c1-15(2,3)20-10-9-18-13(14(20)21)19-12-16(11-17)7-5-4-6-8-16/h9-10H,4-8,11-12,17H2,1-3H3,(H,18,19). The third-order valence-corrected chi connectivity index (χ3v) is 4.54. The normalized spacial score (nSPS) is 18.5. The Morgan fingerprint density at radius 1 is 1.33 bits per heavy atom. The average molecular weight is 292 g/mol. The molecule has 0 radical (unpaired) electrons. The second kappa shape index (κ2) is 6.18. The van der Waals surface area contributed by atoms with Crippen LogP contribution in [0.3, 0.4) is 0 Å². The number of hydrogen-bond acceptors (Lipinski definition) is 4. The summed E-state index contributed by atoms with van der Waals surface area (Å²) in [6.45, 7) is 7.45. The maximum atomic E-state index is 12.5. The molecule has 3 N–H and O–H groups in total. The Morgan fingerprint density at radius 2 is 2.00 bits per heavy atom. The van der Waals surface area contributed by atoms with Gasteiger partial charge in [0.1, 0.15) is 0 Å². The topological polar surface area (TPSA) is 72.9 Å². The lowest BCUT2D eigenvalue weighted by Crippen LogP contribution is -2.41. The van der Waals surface area contributed by atoms with Crippen molar-refractivity contribution in [1.29, 1.82) is 0 Å². The number of aromatic nitrogens is 2. The average Bonchev–Trinajstić information content (AvgIpc) is 2.46. The van der Waals surface area contributed by atoms with Crippen molar-refractivity contribution < 1.29 is 0 Å². The zero-order valence-electron chi connectivity index (χ0n) is 13.5. The van der Waals surface area contributed by atoms with Crippen LogP contribution in [-0.2, 0) is 5.54 Å². The van der Waals surface area contributed by atoms with E-state index in [1.165, 1.54) is 19.3 Å². The summed E-state index contributed by atoms with van der Waals surface area (Å²) in [5.74, 6) is 0.436. The zero-order valence-corrected chi connectivity index (χ0v) is 13.5. The molecule has 2 rings (SSSR count). The second-order valence-corrected chi connectivity index (χ2v) is 7.24. The van der Waals surface area contributed by atoms with E-state index in [0.29, 0.717) is 12.4 Å². The third-order valence-electron chi connectivity index (χ3n) is 4.54. The van der Waals surface area contributed by atoms with Crippen LogP contribution in [-0.4, -0.2) is 22.6 Å². The van der Waals surface area contributed by atoms with Crippen molar-refractivity contribution in [2.24, 2.45) is 11.1 Å². The molecule has 1 aromatic heterocycles. The van der Waals surface area contributed by atoms with Crippen LogP contribution in [0.4, 0.5) is 5.82 Å². The summed E-state index contributed by atoms with van der Waals surface area (Å²) in [6, 6.07) is 0. The Balaban J connectivity index is 2.15. The monoisotopic (exact) mass is 292 g/mol. The van der Waals surface area contributed by atoms with Crippen LogP contribution < -0.4 is 16.6 Å². The molecule has 0 unspecified atom stereocenters. The van der Waals surface area contributed by atoms with Gasteiger partial charge in [0.15, 0.2) is 5.82 Å². The third kappa shape index (κ3) is 3.64. The minimum Gasteiger partial charge on any atom is -0.365 e. The van der Waals surface area contributed by atoms with Crippen molar-refractivity contribution in [3.05, 3.63) is 22.7 Å². The van der Waals surface area contributed by atoms with Gasteiger partial charge in [-0.25, -0.2) is 4.98 Å². The summed E-state index contributed by atoms with van der Waals surface area (Å²) < 4.78 is 1.72. The fraction of sp³-hybridized carbons (Fsp3) is 0.750. The van der Waals surface area contributed by atoms with Gasteiger partial charge in [-0.2, -0.15) is 0 Å². The molecule has 1 aliphatic carbocycles. The fourth-order valence-corrected chi connectivity index (χ4v) is 3.09. The number of nitrogens with two attached hydrogens (primary N) is 1. The SMILES string of the molecule is CC(C)(C)n1ccnc(NCC2(CN)CCCCC2)c1=O. The molecule has 5 heteroatoms. The fourth-order valence-electron chi connectivity index (χ4n) is 3.09. The van der Waals surface area contributed by atoms with Crippen molar-refractivity contribution in [2.75, 3.05) is 18.4 Å². The highest BCUT2D eigenvalue weighted by Gasteiger charge is 2.30. The minimum absolute atomic E-state index is 0.0621. The Bertz CT molecular complexity index is 524. The number of nitrogens with zero attached hydrogens (tertiary/aromatic N) is 2. The van der Waals surface area contributed by atoms with Crippen LogP contribution in [0.2, 0.25) is 0 Å². The molecule has 0 saturated heterocycles. The van der Waals surface area contributed by atoms with Gasteiger partial charge in [0, 0.05) is 24.5 Å². The van der Waals surface area contributed by atoms with E-state index in [0.717, 1.165) is 19.4 Å². The van der Waals surface area contributed by atoms with Gasteiger partial charge in [-0.1, -0.05) is 19.3 Å². The maximum absolute atomic E-state index is 12.5. The van der Waals surface area contributed by atoms with Gasteiger partial charge >= 0.3 is 0 Å². The molecule has 0 atom stereocenters. The van der Waals surface area contributed by atoms with Crippen LogP contribution in [0.15, 0.2) is 17.2 Å². The highest BCUT2D eigenvalue weighted by molar-refractivity contribution is 5.31. The molecule has 5 nitrogen and oxygen atoms in total. The first-order valence-corrected chi connectivity index (χ1v) is 7.90. The molecule has 0 aliphatic heterocycles. The second-order valence-electron chi connectivity index (χ2n) is 7.24. The lowest BCUT2D eigenvalue weighted by molar-refractivity contribution is 0.215. The molecular formula is C16H28N4O. The van der Waals surface area contributed by atoms with Crippen molar-refractivity contribution in [3.63, 3.8) is 0 Å². The van der Waals surface area contributed by atoms with E-state index >= 15 is 0 Å². The molecule has 1 fully saturated rings. The molecule has 1 aromatic rings. The smallest absolute Gasteiger partial charge is 0.293 e. The largest absolute Gasteiger partial charge is 0.365 e. The maximum Gasteiger partial charge on any atom is 0.293 e. The molecule has 0 bridgehead atoms. The molecule has 118 valence electrons. The van der Waals surface area contributed by atoms with Gasteiger partial charge in [0.25, 0.3) is 5.56 Å². The summed E-state index contributed by atoms with van der Waals surface area (Å²) in [5.41, 5.74) is 5.81. The number of hydrogen-bond donors (Lipinski definition) is 2. The summed E-state index contributed by atoms with van der Waals surface area (Å²) in [4.78, 5) is 16.7. The van der Waals surface area contributed by atoms with Crippen molar-refractivity contribution in [2.45, 2.75) is 58.4 Å². The molecular weight excluding hydrogens is 264 g/mol. The first-order chi connectivity index (χ1) is 9.88.